The molecule has 0 saturated carbocycles. The van der Waals surface area contributed by atoms with E-state index in [1.807, 2.05) is 0 Å². The maximum absolute atomic E-state index is 14.0. The van der Waals surface area contributed by atoms with Crippen molar-refractivity contribution in [3.05, 3.63) is 53.7 Å². The fourth-order valence-corrected chi connectivity index (χ4v) is 7.86. The molecule has 1 aromatic carbocycles. The summed E-state index contributed by atoms with van der Waals surface area (Å²) < 4.78 is 54.5. The molecule has 77 heavy (non-hydrogen) atoms. The molecule has 1 unspecified atom stereocenters. The predicted octanol–water partition coefficient (Wildman–Crippen LogP) is 6.19. The average molecular weight is 1120 g/mol. The number of ether oxygens (including phenoxy) is 5. The summed E-state index contributed by atoms with van der Waals surface area (Å²) in [5.74, 6) is -2.55. The number of amides is 6. The van der Waals surface area contributed by atoms with Gasteiger partial charge in [-0.05, 0) is 140 Å². The summed E-state index contributed by atoms with van der Waals surface area (Å²) in [6.07, 6.45) is -0.732. The van der Waals surface area contributed by atoms with Crippen LogP contribution in [-0.2, 0) is 65.7 Å². The van der Waals surface area contributed by atoms with Crippen molar-refractivity contribution in [2.24, 2.45) is 12.2 Å². The van der Waals surface area contributed by atoms with Gasteiger partial charge in [0, 0.05) is 23.6 Å². The minimum Gasteiger partial charge on any atom is -0.489 e. The molecule has 0 radical (unpaired) electrons. The number of nitrogens with one attached hydrogen (secondary N) is 5. The maximum atomic E-state index is 14.0. The number of carbonyl (C=O) groups excluding carboxylic acids is 7. The quantitative estimate of drug-likeness (QED) is 0.0101. The third-order valence-corrected chi connectivity index (χ3v) is 11.2. The van der Waals surface area contributed by atoms with Crippen molar-refractivity contribution in [3.8, 4) is 16.9 Å². The number of oxime groups is 1. The van der Waals surface area contributed by atoms with Crippen molar-refractivity contribution < 1.29 is 79.7 Å². The van der Waals surface area contributed by atoms with Crippen LogP contribution in [0.15, 0.2) is 53.1 Å². The molecule has 0 aliphatic carbocycles. The van der Waals surface area contributed by atoms with E-state index < -0.39 is 112 Å². The lowest BCUT2D eigenvalue weighted by Crippen LogP contribution is -2.76. The molecular formula is C50H72N9O16S2+. The number of aryl methyl sites for hydroxylation is 1. The molecular weight excluding hydrogens is 1050 g/mol. The number of β-lactam (4-membered cyclic amide) rings is 1. The standard InChI is InChI=1S/C50H71N9O16S2/c1-46(2,3)70-41(63)34(74-57-36(33-28-76-42(52-33)56-45(66)73-49(10,11)12)39(61)55-37-40(62)59(50(37,13)14)75-77(67)68)27-69-31-22-19-29(20-23-31)30-21-24-35(58(15)26-30)54-38(60)32(53-44(65)72-48(7,8)9)18-16-17-25-51-43(64)71-47(4,5)6/h19-24,26,28,32,34,37H,16-18,25,27H2,1-15H3,(H5,51,52,53,55,56,61,64,65,66,67,68)/p+1/b57-36-/t32-,34-,37+/m0/s1. The first-order valence-electron chi connectivity index (χ1n) is 24.4. The summed E-state index contributed by atoms with van der Waals surface area (Å²) >= 11 is -1.93. The summed E-state index contributed by atoms with van der Waals surface area (Å²) in [6, 6.07) is 8.01. The first-order chi connectivity index (χ1) is 35.5. The third-order valence-electron chi connectivity index (χ3n) is 10.2. The minimum atomic E-state index is -2.84. The fourth-order valence-electron chi connectivity index (χ4n) is 6.78. The van der Waals surface area contributed by atoms with Crippen molar-refractivity contribution in [2.75, 3.05) is 23.8 Å². The fraction of sp³-hybridized carbons (Fsp3) is 0.560. The van der Waals surface area contributed by atoms with Crippen molar-refractivity contribution in [1.29, 1.82) is 0 Å². The Morgan fingerprint density at radius 3 is 1.97 bits per heavy atom. The Bertz CT molecular complexity index is 2670. The smallest absolute Gasteiger partial charge is 0.413 e. The molecule has 4 rings (SSSR count). The zero-order chi connectivity index (χ0) is 57.8. The van der Waals surface area contributed by atoms with Crippen LogP contribution in [0.3, 0.4) is 0 Å². The summed E-state index contributed by atoms with van der Waals surface area (Å²) in [6.45, 7) is 23.1. The second kappa shape index (κ2) is 25.9. The largest absolute Gasteiger partial charge is 0.489 e. The molecule has 1 fully saturated rings. The zero-order valence-corrected chi connectivity index (χ0v) is 47.7. The highest BCUT2D eigenvalue weighted by Gasteiger charge is 2.57. The number of esters is 1. The van der Waals surface area contributed by atoms with Crippen LogP contribution in [-0.4, -0.2) is 126 Å². The average Bonchev–Trinajstić information content (AvgIpc) is 3.73. The lowest BCUT2D eigenvalue weighted by molar-refractivity contribution is -0.656. The van der Waals surface area contributed by atoms with Gasteiger partial charge in [-0.3, -0.25) is 19.5 Å². The highest BCUT2D eigenvalue weighted by atomic mass is 32.2. The molecule has 2 aromatic heterocycles. The number of pyridine rings is 1. The van der Waals surface area contributed by atoms with E-state index in [-0.39, 0.29) is 17.2 Å². The predicted molar refractivity (Wildman–Crippen MR) is 282 cm³/mol. The number of benzene rings is 1. The van der Waals surface area contributed by atoms with Gasteiger partial charge >= 0.3 is 41.5 Å². The molecule has 4 atom stereocenters. The molecule has 6 amide bonds. The Morgan fingerprint density at radius 1 is 0.818 bits per heavy atom. The maximum Gasteiger partial charge on any atom is 0.413 e. The molecule has 0 spiro atoms. The van der Waals surface area contributed by atoms with E-state index in [1.54, 1.807) is 137 Å². The molecule has 1 aliphatic heterocycles. The molecule has 6 N–H and O–H groups in total. The number of thiazole rings is 1. The third kappa shape index (κ3) is 20.5. The summed E-state index contributed by atoms with van der Waals surface area (Å²) in [5, 5.41) is 19.2. The Labute approximate surface area is 454 Å². The molecule has 1 saturated heterocycles. The van der Waals surface area contributed by atoms with Crippen LogP contribution in [0.4, 0.5) is 25.3 Å². The van der Waals surface area contributed by atoms with E-state index in [9.17, 15) is 42.3 Å². The topological polar surface area (TPSA) is 314 Å². The first-order valence-corrected chi connectivity index (χ1v) is 26.3. The summed E-state index contributed by atoms with van der Waals surface area (Å²) in [7, 11) is 1.73. The number of aromatic nitrogens is 2. The van der Waals surface area contributed by atoms with E-state index in [2.05, 4.69) is 36.7 Å². The molecule has 3 heterocycles. The van der Waals surface area contributed by atoms with Crippen LogP contribution in [0, 0.1) is 0 Å². The van der Waals surface area contributed by atoms with Gasteiger partial charge in [-0.15, -0.1) is 15.6 Å². The number of rotatable bonds is 21. The van der Waals surface area contributed by atoms with Crippen LogP contribution in [0.2, 0.25) is 0 Å². The molecule has 27 heteroatoms. The van der Waals surface area contributed by atoms with E-state index >= 15 is 0 Å². The van der Waals surface area contributed by atoms with Crippen molar-refractivity contribution >= 4 is 81.3 Å². The van der Waals surface area contributed by atoms with Crippen LogP contribution < -0.4 is 35.9 Å². The van der Waals surface area contributed by atoms with Gasteiger partial charge in [0.2, 0.25) is 0 Å². The molecule has 25 nitrogen and oxygen atoms in total. The van der Waals surface area contributed by atoms with Gasteiger partial charge in [0.05, 0.1) is 18.8 Å². The number of hydrogen-bond donors (Lipinski definition) is 6. The number of hydroxylamine groups is 2. The highest BCUT2D eigenvalue weighted by Crippen LogP contribution is 2.33. The Balaban J connectivity index is 1.51. The van der Waals surface area contributed by atoms with Gasteiger partial charge < -0.3 is 44.5 Å². The minimum absolute atomic E-state index is 0.000504. The molecule has 1 aliphatic rings. The second-order valence-electron chi connectivity index (χ2n) is 22.1. The summed E-state index contributed by atoms with van der Waals surface area (Å²) in [5.41, 5.74) is -3.81. The van der Waals surface area contributed by atoms with Gasteiger partial charge in [0.15, 0.2) is 10.8 Å². The number of alkyl carbamates (subject to hydrolysis) is 2. The number of carbonyl (C=O) groups is 7. The zero-order valence-electron chi connectivity index (χ0n) is 46.1. The van der Waals surface area contributed by atoms with E-state index in [0.717, 1.165) is 22.5 Å². The molecule has 3 aromatic rings. The Hall–Kier alpha value is -6.97. The SMILES string of the molecule is C[n+]1cc(-c2ccc(OC[C@H](O/N=C(\C(=O)N[C@@H]3C(=O)N(OS(=O)O)C3(C)C)c3csc(NC(=O)OC(C)(C)C)n3)C(=O)OC(C)(C)C)cc2)ccc1NC(=O)[C@H](CCCCNC(=O)OC(C)(C)C)NC(=O)OC(C)(C)C. The van der Waals surface area contributed by atoms with Gasteiger partial charge in [-0.2, -0.15) is 9.27 Å². The Morgan fingerprint density at radius 2 is 1.40 bits per heavy atom. The molecule has 0 bridgehead atoms. The van der Waals surface area contributed by atoms with Gasteiger partial charge in [0.25, 0.3) is 23.7 Å². The first kappa shape index (κ1) is 62.6. The lowest BCUT2D eigenvalue weighted by atomic mass is 9.84. The number of unbranched alkanes of at least 4 members (excludes halogenated alkanes) is 1. The van der Waals surface area contributed by atoms with Crippen LogP contribution in [0.1, 0.15) is 122 Å². The van der Waals surface area contributed by atoms with Crippen molar-refractivity contribution in [2.45, 2.75) is 162 Å². The molecule has 424 valence electrons. The van der Waals surface area contributed by atoms with Crippen LogP contribution in [0.25, 0.3) is 11.1 Å². The van der Waals surface area contributed by atoms with E-state index in [1.165, 1.54) is 19.2 Å². The number of nitrogens with zero attached hydrogens (tertiary/aromatic N) is 4. The van der Waals surface area contributed by atoms with Gasteiger partial charge in [0.1, 0.15) is 52.5 Å². The summed E-state index contributed by atoms with van der Waals surface area (Å²) in [4.78, 5) is 102. The number of anilines is 2. The lowest BCUT2D eigenvalue weighted by Gasteiger charge is -2.50. The van der Waals surface area contributed by atoms with Crippen LogP contribution in [0.5, 0.6) is 5.75 Å². The normalized spacial score (nSPS) is 15.8. The van der Waals surface area contributed by atoms with E-state index in [4.69, 9.17) is 32.8 Å². The highest BCUT2D eigenvalue weighted by molar-refractivity contribution is 7.74. The Kier molecular flexibility index (Phi) is 21.1. The van der Waals surface area contributed by atoms with Crippen molar-refractivity contribution in [1.82, 2.24) is 26.0 Å². The second-order valence-corrected chi connectivity index (χ2v) is 23.5. The van der Waals surface area contributed by atoms with E-state index in [0.29, 0.717) is 36.0 Å². The van der Waals surface area contributed by atoms with Gasteiger partial charge in [-0.25, -0.2) is 38.8 Å². The monoisotopic (exact) mass is 1120 g/mol. The number of hydrogen-bond acceptors (Lipinski definition) is 18. The van der Waals surface area contributed by atoms with Crippen LogP contribution >= 0.6 is 11.3 Å². The van der Waals surface area contributed by atoms with Crippen molar-refractivity contribution in [3.63, 3.8) is 0 Å². The van der Waals surface area contributed by atoms with Gasteiger partial charge in [-0.1, -0.05) is 17.3 Å².